The summed E-state index contributed by atoms with van der Waals surface area (Å²) in [5.74, 6) is 0. The quantitative estimate of drug-likeness (QED) is 0.175. The smallest absolute Gasteiger partial charge is 0.338 e. The molecule has 0 aromatic heterocycles. The molecule has 0 rings (SSSR count). The molecule has 0 aromatic rings. The molecule has 0 fully saturated rings. The Morgan fingerprint density at radius 3 is 1.25 bits per heavy atom. The van der Waals surface area contributed by atoms with E-state index in [-0.39, 0.29) is 0 Å². The van der Waals surface area contributed by atoms with Gasteiger partial charge in [0.2, 0.25) is 0 Å². The Hall–Kier alpha value is 0.137. The van der Waals surface area contributed by atoms with E-state index in [1.807, 2.05) is 0 Å². The predicted molar refractivity (Wildman–Crippen MR) is 110 cm³/mol. The van der Waals surface area contributed by atoms with Crippen molar-refractivity contribution >= 4 is 8.56 Å². The van der Waals surface area contributed by atoms with Crippen molar-refractivity contribution in [1.29, 1.82) is 0 Å². The van der Waals surface area contributed by atoms with Crippen LogP contribution in [0.25, 0.3) is 0 Å². The van der Waals surface area contributed by atoms with E-state index < -0.39 is 8.56 Å². The molecular formula is C21H46O2Si. The maximum absolute atomic E-state index is 6.18. The van der Waals surface area contributed by atoms with Crippen molar-refractivity contribution in [2.45, 2.75) is 123 Å². The highest BCUT2D eigenvalue weighted by atomic mass is 28.4. The van der Waals surface area contributed by atoms with Crippen LogP contribution in [0.1, 0.15) is 111 Å². The van der Waals surface area contributed by atoms with Gasteiger partial charge in [-0.1, -0.05) is 97.3 Å². The van der Waals surface area contributed by atoms with Crippen molar-refractivity contribution in [3.8, 4) is 0 Å². The van der Waals surface area contributed by atoms with Gasteiger partial charge < -0.3 is 8.85 Å². The van der Waals surface area contributed by atoms with Crippen molar-refractivity contribution in [3.63, 3.8) is 0 Å². The highest BCUT2D eigenvalue weighted by Crippen LogP contribution is 2.25. The molecular weight excluding hydrogens is 312 g/mol. The molecule has 2 nitrogen and oxygen atoms in total. The third-order valence-corrected chi connectivity index (χ3v) is 8.75. The van der Waals surface area contributed by atoms with Gasteiger partial charge in [0, 0.05) is 13.2 Å². The van der Waals surface area contributed by atoms with Gasteiger partial charge in [-0.15, -0.1) is 0 Å². The molecule has 0 unspecified atom stereocenters. The first kappa shape index (κ1) is 24.1. The van der Waals surface area contributed by atoms with Gasteiger partial charge >= 0.3 is 8.56 Å². The van der Waals surface area contributed by atoms with E-state index >= 15 is 0 Å². The normalized spacial score (nSPS) is 12.0. The third kappa shape index (κ3) is 13.4. The minimum atomic E-state index is -1.91. The molecule has 0 saturated heterocycles. The molecule has 0 amide bonds. The van der Waals surface area contributed by atoms with Crippen LogP contribution in [-0.2, 0) is 8.85 Å². The van der Waals surface area contributed by atoms with Gasteiger partial charge in [0.15, 0.2) is 0 Å². The molecule has 0 spiro atoms. The van der Waals surface area contributed by atoms with E-state index in [4.69, 9.17) is 8.85 Å². The van der Waals surface area contributed by atoms with Crippen LogP contribution in [0.5, 0.6) is 0 Å². The van der Waals surface area contributed by atoms with Crippen molar-refractivity contribution < 1.29 is 8.85 Å². The molecule has 0 atom stereocenters. The zero-order valence-electron chi connectivity index (χ0n) is 17.3. The summed E-state index contributed by atoms with van der Waals surface area (Å²) in [6.07, 6.45) is 17.9. The topological polar surface area (TPSA) is 18.5 Å². The summed E-state index contributed by atoms with van der Waals surface area (Å²) < 4.78 is 12.4. The number of rotatable bonds is 19. The van der Waals surface area contributed by atoms with Gasteiger partial charge in [-0.25, -0.2) is 0 Å². The predicted octanol–water partition coefficient (Wildman–Crippen LogP) is 7.61. The Kier molecular flexibility index (Phi) is 18.0. The lowest BCUT2D eigenvalue weighted by molar-refractivity contribution is 0.180. The Labute approximate surface area is 154 Å². The second-order valence-corrected chi connectivity index (χ2v) is 10.6. The van der Waals surface area contributed by atoms with Gasteiger partial charge in [-0.2, -0.15) is 0 Å². The monoisotopic (exact) mass is 358 g/mol. The Balaban J connectivity index is 3.74. The fourth-order valence-electron chi connectivity index (χ4n) is 3.49. The minimum absolute atomic E-state index is 0.813. The van der Waals surface area contributed by atoms with E-state index in [0.29, 0.717) is 0 Å². The maximum Gasteiger partial charge on any atom is 0.338 e. The van der Waals surface area contributed by atoms with Crippen LogP contribution in [0.15, 0.2) is 0 Å². The average Bonchev–Trinajstić information content (AvgIpc) is 2.58. The molecule has 0 heterocycles. The van der Waals surface area contributed by atoms with Crippen molar-refractivity contribution in [1.82, 2.24) is 0 Å². The van der Waals surface area contributed by atoms with Crippen LogP contribution in [-0.4, -0.2) is 21.8 Å². The molecule has 0 aliphatic carbocycles. The molecule has 0 bridgehead atoms. The summed E-state index contributed by atoms with van der Waals surface area (Å²) in [6.45, 7) is 10.4. The van der Waals surface area contributed by atoms with E-state index in [9.17, 15) is 0 Å². The van der Waals surface area contributed by atoms with Crippen LogP contribution in [0, 0.1) is 0 Å². The van der Waals surface area contributed by atoms with Crippen LogP contribution in [0.4, 0.5) is 0 Å². The van der Waals surface area contributed by atoms with Gasteiger partial charge in [-0.3, -0.25) is 0 Å². The molecule has 3 heteroatoms. The maximum atomic E-state index is 6.18. The first-order valence-corrected chi connectivity index (χ1v) is 13.3. The average molecular weight is 359 g/mol. The van der Waals surface area contributed by atoms with Gasteiger partial charge in [0.1, 0.15) is 0 Å². The van der Waals surface area contributed by atoms with Crippen molar-refractivity contribution in [3.05, 3.63) is 0 Å². The van der Waals surface area contributed by atoms with E-state index in [0.717, 1.165) is 13.2 Å². The first-order chi connectivity index (χ1) is 11.7. The Morgan fingerprint density at radius 1 is 0.458 bits per heavy atom. The molecule has 0 radical (unpaired) electrons. The molecule has 0 aliphatic rings. The Bertz CT molecular complexity index is 240. The summed E-state index contributed by atoms with van der Waals surface area (Å²) in [6, 6.07) is 2.38. The summed E-state index contributed by atoms with van der Waals surface area (Å²) in [7, 11) is -1.91. The van der Waals surface area contributed by atoms with Gasteiger partial charge in [-0.05, 0) is 25.9 Å². The summed E-state index contributed by atoms with van der Waals surface area (Å²) >= 11 is 0. The number of hydrogen-bond donors (Lipinski definition) is 0. The van der Waals surface area contributed by atoms with Crippen LogP contribution in [0.3, 0.4) is 0 Å². The fourth-order valence-corrected chi connectivity index (χ4v) is 7.13. The second-order valence-electron chi connectivity index (χ2n) is 7.17. The summed E-state index contributed by atoms with van der Waals surface area (Å²) in [4.78, 5) is 0. The van der Waals surface area contributed by atoms with Crippen LogP contribution in [0.2, 0.25) is 12.1 Å². The zero-order valence-corrected chi connectivity index (χ0v) is 18.3. The van der Waals surface area contributed by atoms with Crippen LogP contribution < -0.4 is 0 Å². The van der Waals surface area contributed by atoms with Gasteiger partial charge in [0.25, 0.3) is 0 Å². The summed E-state index contributed by atoms with van der Waals surface area (Å²) in [5, 5.41) is 0. The lowest BCUT2D eigenvalue weighted by Gasteiger charge is -2.30. The first-order valence-electron chi connectivity index (χ1n) is 11.0. The van der Waals surface area contributed by atoms with E-state index in [1.165, 1.54) is 95.6 Å². The van der Waals surface area contributed by atoms with Crippen molar-refractivity contribution in [2.75, 3.05) is 13.2 Å². The number of unbranched alkanes of at least 4 members (excludes halogenated alkanes) is 11. The molecule has 146 valence electrons. The standard InChI is InChI=1S/C21H46O2Si/c1-5-9-11-12-13-14-15-16-17-18-19-21-24(22-7-3,23-8-4)20-10-6-2/h5-21H2,1-4H3. The fraction of sp³-hybridized carbons (Fsp3) is 1.00. The molecule has 0 aromatic carbocycles. The molecule has 0 aliphatic heterocycles. The van der Waals surface area contributed by atoms with E-state index in [1.54, 1.807) is 0 Å². The largest absolute Gasteiger partial charge is 0.394 e. The third-order valence-electron chi connectivity index (χ3n) is 4.89. The summed E-state index contributed by atoms with van der Waals surface area (Å²) in [5.41, 5.74) is 0. The van der Waals surface area contributed by atoms with Crippen molar-refractivity contribution in [2.24, 2.45) is 0 Å². The molecule has 0 N–H and O–H groups in total. The lowest BCUT2D eigenvalue weighted by Crippen LogP contribution is -2.42. The van der Waals surface area contributed by atoms with Crippen LogP contribution >= 0.6 is 0 Å². The number of hydrogen-bond acceptors (Lipinski definition) is 2. The highest BCUT2D eigenvalue weighted by molar-refractivity contribution is 6.67. The second kappa shape index (κ2) is 17.9. The Morgan fingerprint density at radius 2 is 0.833 bits per heavy atom. The van der Waals surface area contributed by atoms with E-state index in [2.05, 4.69) is 27.7 Å². The lowest BCUT2D eigenvalue weighted by atomic mass is 10.1. The minimum Gasteiger partial charge on any atom is -0.394 e. The molecule has 24 heavy (non-hydrogen) atoms. The SMILES string of the molecule is CCCCCCCCCCCCC[Si](CCCC)(OCC)OCC. The highest BCUT2D eigenvalue weighted by Gasteiger charge is 2.35. The van der Waals surface area contributed by atoms with Gasteiger partial charge in [0.05, 0.1) is 0 Å². The zero-order chi connectivity index (χ0) is 17.9. The molecule has 0 saturated carbocycles.